The first kappa shape index (κ1) is 16.7. The van der Waals surface area contributed by atoms with Crippen LogP contribution in [0.5, 0.6) is 0 Å². The Kier molecular flexibility index (Phi) is 6.23. The minimum absolute atomic E-state index is 0.195. The lowest BCUT2D eigenvalue weighted by Gasteiger charge is -2.07. The maximum absolute atomic E-state index is 13.0. The molecule has 0 aliphatic heterocycles. The first-order valence-electron chi connectivity index (χ1n) is 6.26. The van der Waals surface area contributed by atoms with Crippen LogP contribution in [0.1, 0.15) is 23.6 Å². The standard InChI is InChI=1S/C13H11F3OS.C2H6/c1-17-8-10-7-11(9-5-3-2-4-6-9)12(18-10)13(14,15)16;1-2/h2-7H,8H2,1H3;1-2H3. The molecule has 1 heterocycles. The normalized spacial score (nSPS) is 10.9. The molecule has 5 heteroatoms. The number of ether oxygens (including phenoxy) is 1. The van der Waals surface area contributed by atoms with Crippen LogP contribution in [0, 0.1) is 0 Å². The molecule has 0 fully saturated rings. The van der Waals surface area contributed by atoms with Gasteiger partial charge in [0.15, 0.2) is 0 Å². The van der Waals surface area contributed by atoms with Crippen molar-refractivity contribution in [3.8, 4) is 11.1 Å². The summed E-state index contributed by atoms with van der Waals surface area (Å²) in [4.78, 5) is 0.00410. The molecule has 0 saturated carbocycles. The van der Waals surface area contributed by atoms with Gasteiger partial charge in [-0.05, 0) is 11.6 Å². The minimum atomic E-state index is -4.33. The second-order valence-electron chi connectivity index (χ2n) is 3.75. The van der Waals surface area contributed by atoms with E-state index in [1.807, 2.05) is 13.8 Å². The van der Waals surface area contributed by atoms with Crippen molar-refractivity contribution >= 4 is 11.3 Å². The van der Waals surface area contributed by atoms with E-state index in [0.717, 1.165) is 11.3 Å². The summed E-state index contributed by atoms with van der Waals surface area (Å²) in [5.74, 6) is 0. The summed E-state index contributed by atoms with van der Waals surface area (Å²) >= 11 is 0.736. The summed E-state index contributed by atoms with van der Waals surface area (Å²) in [5.41, 5.74) is 0.795. The second-order valence-corrected chi connectivity index (χ2v) is 4.89. The molecular weight excluding hydrogens is 285 g/mol. The Morgan fingerprint density at radius 3 is 2.20 bits per heavy atom. The van der Waals surface area contributed by atoms with Gasteiger partial charge in [-0.1, -0.05) is 44.2 Å². The molecule has 1 nitrogen and oxygen atoms in total. The van der Waals surface area contributed by atoms with E-state index in [-0.39, 0.29) is 12.2 Å². The zero-order chi connectivity index (χ0) is 15.2. The number of thiophene rings is 1. The molecule has 0 spiro atoms. The predicted octanol–water partition coefficient (Wildman–Crippen LogP) is 5.61. The lowest BCUT2D eigenvalue weighted by atomic mass is 10.1. The van der Waals surface area contributed by atoms with Crippen molar-refractivity contribution < 1.29 is 17.9 Å². The summed E-state index contributed by atoms with van der Waals surface area (Å²) in [7, 11) is 1.47. The highest BCUT2D eigenvalue weighted by atomic mass is 32.1. The fourth-order valence-corrected chi connectivity index (χ4v) is 2.72. The summed E-state index contributed by atoms with van der Waals surface area (Å²) in [6, 6.07) is 10.1. The molecule has 0 bridgehead atoms. The van der Waals surface area contributed by atoms with Gasteiger partial charge in [0.05, 0.1) is 6.61 Å². The fourth-order valence-electron chi connectivity index (χ4n) is 1.70. The van der Waals surface area contributed by atoms with Gasteiger partial charge in [0, 0.05) is 17.6 Å². The highest BCUT2D eigenvalue weighted by Crippen LogP contribution is 2.42. The summed E-state index contributed by atoms with van der Waals surface area (Å²) in [6.07, 6.45) is -4.33. The molecule has 0 N–H and O–H groups in total. The van der Waals surface area contributed by atoms with Gasteiger partial charge in [0.2, 0.25) is 0 Å². The van der Waals surface area contributed by atoms with E-state index in [4.69, 9.17) is 4.74 Å². The van der Waals surface area contributed by atoms with E-state index in [9.17, 15) is 13.2 Å². The average Bonchev–Trinajstić information content (AvgIpc) is 2.87. The van der Waals surface area contributed by atoms with Crippen molar-refractivity contribution in [2.45, 2.75) is 26.6 Å². The van der Waals surface area contributed by atoms with Crippen LogP contribution in [0.3, 0.4) is 0 Å². The Labute approximate surface area is 121 Å². The first-order valence-corrected chi connectivity index (χ1v) is 7.08. The van der Waals surface area contributed by atoms with Crippen molar-refractivity contribution in [2.24, 2.45) is 0 Å². The number of methoxy groups -OCH3 is 1. The van der Waals surface area contributed by atoms with Crippen LogP contribution in [0.2, 0.25) is 0 Å². The summed E-state index contributed by atoms with van der Waals surface area (Å²) < 4.78 is 43.8. The molecule has 0 saturated heterocycles. The molecule has 2 rings (SSSR count). The molecule has 0 unspecified atom stereocenters. The number of hydrogen-bond donors (Lipinski definition) is 0. The van der Waals surface area contributed by atoms with Gasteiger partial charge in [-0.25, -0.2) is 0 Å². The molecule has 1 aromatic carbocycles. The number of rotatable bonds is 3. The molecule has 1 aromatic heterocycles. The molecular formula is C15H17F3OS. The maximum Gasteiger partial charge on any atom is 0.426 e. The Morgan fingerprint density at radius 2 is 1.70 bits per heavy atom. The second kappa shape index (κ2) is 7.45. The third-order valence-electron chi connectivity index (χ3n) is 2.41. The molecule has 0 atom stereocenters. The van der Waals surface area contributed by atoms with E-state index in [1.165, 1.54) is 7.11 Å². The molecule has 20 heavy (non-hydrogen) atoms. The van der Waals surface area contributed by atoms with Crippen LogP contribution in [0.25, 0.3) is 11.1 Å². The van der Waals surface area contributed by atoms with Crippen molar-refractivity contribution in [3.05, 3.63) is 46.2 Å². The quantitative estimate of drug-likeness (QED) is 0.716. The monoisotopic (exact) mass is 302 g/mol. The number of hydrogen-bond acceptors (Lipinski definition) is 2. The minimum Gasteiger partial charge on any atom is -0.379 e. The highest BCUT2D eigenvalue weighted by molar-refractivity contribution is 7.12. The van der Waals surface area contributed by atoms with Gasteiger partial charge < -0.3 is 4.74 Å². The van der Waals surface area contributed by atoms with E-state index in [0.29, 0.717) is 10.4 Å². The van der Waals surface area contributed by atoms with Crippen molar-refractivity contribution in [2.75, 3.05) is 7.11 Å². The van der Waals surface area contributed by atoms with Gasteiger partial charge in [-0.2, -0.15) is 13.2 Å². The van der Waals surface area contributed by atoms with Crippen LogP contribution >= 0.6 is 11.3 Å². The molecule has 0 aliphatic rings. The zero-order valence-corrected chi connectivity index (χ0v) is 12.4. The smallest absolute Gasteiger partial charge is 0.379 e. The summed E-state index contributed by atoms with van der Waals surface area (Å²) in [6.45, 7) is 4.20. The van der Waals surface area contributed by atoms with Gasteiger partial charge in [0.1, 0.15) is 4.88 Å². The van der Waals surface area contributed by atoms with Crippen molar-refractivity contribution in [3.63, 3.8) is 0 Å². The van der Waals surface area contributed by atoms with Crippen LogP contribution in [0.15, 0.2) is 36.4 Å². The molecule has 0 amide bonds. The van der Waals surface area contributed by atoms with Gasteiger partial charge in [-0.3, -0.25) is 0 Å². The largest absolute Gasteiger partial charge is 0.426 e. The maximum atomic E-state index is 13.0. The molecule has 0 aliphatic carbocycles. The zero-order valence-electron chi connectivity index (χ0n) is 11.6. The van der Waals surface area contributed by atoms with Crippen LogP contribution in [0.4, 0.5) is 13.2 Å². The van der Waals surface area contributed by atoms with Crippen molar-refractivity contribution in [1.82, 2.24) is 0 Å². The molecule has 2 aromatic rings. The number of benzene rings is 1. The van der Waals surface area contributed by atoms with Crippen LogP contribution < -0.4 is 0 Å². The first-order chi connectivity index (χ1) is 9.52. The van der Waals surface area contributed by atoms with E-state index < -0.39 is 11.1 Å². The third kappa shape index (κ3) is 4.08. The van der Waals surface area contributed by atoms with E-state index in [1.54, 1.807) is 36.4 Å². The SMILES string of the molecule is CC.COCc1cc(-c2ccccc2)c(C(F)(F)F)s1. The van der Waals surface area contributed by atoms with E-state index >= 15 is 0 Å². The Bertz CT molecular complexity index is 518. The van der Waals surface area contributed by atoms with Gasteiger partial charge >= 0.3 is 6.18 Å². The number of alkyl halides is 3. The predicted molar refractivity (Wildman–Crippen MR) is 76.8 cm³/mol. The lowest BCUT2D eigenvalue weighted by molar-refractivity contribution is -0.133. The van der Waals surface area contributed by atoms with Crippen LogP contribution in [-0.2, 0) is 17.5 Å². The summed E-state index contributed by atoms with van der Waals surface area (Å²) in [5, 5.41) is 0. The third-order valence-corrected chi connectivity index (χ3v) is 3.57. The van der Waals surface area contributed by atoms with Crippen LogP contribution in [-0.4, -0.2) is 7.11 Å². The average molecular weight is 302 g/mol. The Balaban J connectivity index is 0.000000956. The Morgan fingerprint density at radius 1 is 1.10 bits per heavy atom. The molecule has 0 radical (unpaired) electrons. The van der Waals surface area contributed by atoms with Gasteiger partial charge in [0.25, 0.3) is 0 Å². The fraction of sp³-hybridized carbons (Fsp3) is 0.333. The topological polar surface area (TPSA) is 9.23 Å². The Hall–Kier alpha value is -1.33. The molecule has 110 valence electrons. The van der Waals surface area contributed by atoms with Gasteiger partial charge in [-0.15, -0.1) is 11.3 Å². The highest BCUT2D eigenvalue weighted by Gasteiger charge is 2.36. The number of halogens is 3. The van der Waals surface area contributed by atoms with Crippen molar-refractivity contribution in [1.29, 1.82) is 0 Å². The van der Waals surface area contributed by atoms with E-state index in [2.05, 4.69) is 0 Å². The lowest BCUT2D eigenvalue weighted by Crippen LogP contribution is -2.03.